The second-order valence-corrected chi connectivity index (χ2v) is 3.04. The Morgan fingerprint density at radius 3 is 2.50 bits per heavy atom. The van der Waals surface area contributed by atoms with Gasteiger partial charge in [0.2, 0.25) is 0 Å². The van der Waals surface area contributed by atoms with E-state index >= 15 is 0 Å². The Labute approximate surface area is 50.5 Å². The zero-order valence-corrected chi connectivity index (χ0v) is 5.19. The van der Waals surface area contributed by atoms with Crippen molar-refractivity contribution in [2.75, 3.05) is 6.54 Å². The summed E-state index contributed by atoms with van der Waals surface area (Å²) < 4.78 is 0. The summed E-state index contributed by atoms with van der Waals surface area (Å²) in [5, 5.41) is 3.52. The van der Waals surface area contributed by atoms with Crippen molar-refractivity contribution in [3.63, 3.8) is 0 Å². The second kappa shape index (κ2) is 1.73. The van der Waals surface area contributed by atoms with Crippen molar-refractivity contribution in [2.45, 2.75) is 31.7 Å². The third-order valence-corrected chi connectivity index (χ3v) is 2.58. The van der Waals surface area contributed by atoms with Crippen molar-refractivity contribution in [1.82, 2.24) is 5.32 Å². The molecule has 1 heteroatoms. The lowest BCUT2D eigenvalue weighted by Gasteiger charge is -2.41. The number of hydrogen-bond donors (Lipinski definition) is 1. The average Bonchev–Trinajstić information content (AvgIpc) is 1.72. The van der Waals surface area contributed by atoms with E-state index in [2.05, 4.69) is 5.32 Å². The minimum Gasteiger partial charge on any atom is -0.314 e. The van der Waals surface area contributed by atoms with E-state index in [1.54, 1.807) is 0 Å². The quantitative estimate of drug-likeness (QED) is 0.494. The van der Waals surface area contributed by atoms with Crippen LogP contribution in [0.2, 0.25) is 0 Å². The summed E-state index contributed by atoms with van der Waals surface area (Å²) in [6.45, 7) is 1.28. The lowest BCUT2D eigenvalue weighted by atomic mass is 9.75. The van der Waals surface area contributed by atoms with Gasteiger partial charge in [-0.1, -0.05) is 0 Å². The smallest absolute Gasteiger partial charge is 0.00954 e. The standard InChI is InChI=1S/C7H13N/c1-2-6-3-4-7(6)8-5-1/h6-8H,1-5H2/t6-,7+/m1/s1. The zero-order chi connectivity index (χ0) is 5.40. The number of piperidine rings is 1. The van der Waals surface area contributed by atoms with Crippen LogP contribution in [0.5, 0.6) is 0 Å². The first-order chi connectivity index (χ1) is 3.97. The van der Waals surface area contributed by atoms with E-state index in [4.69, 9.17) is 0 Å². The minimum absolute atomic E-state index is 0.934. The lowest BCUT2D eigenvalue weighted by Crippen LogP contribution is -2.47. The van der Waals surface area contributed by atoms with Gasteiger partial charge >= 0.3 is 0 Å². The maximum Gasteiger partial charge on any atom is 0.00954 e. The largest absolute Gasteiger partial charge is 0.314 e. The highest BCUT2D eigenvalue weighted by Crippen LogP contribution is 2.33. The Hall–Kier alpha value is -0.0400. The van der Waals surface area contributed by atoms with Crippen LogP contribution in [0.3, 0.4) is 0 Å². The van der Waals surface area contributed by atoms with Crippen LogP contribution in [0.1, 0.15) is 25.7 Å². The highest BCUT2D eigenvalue weighted by molar-refractivity contribution is 4.89. The van der Waals surface area contributed by atoms with Crippen LogP contribution in [-0.2, 0) is 0 Å². The van der Waals surface area contributed by atoms with Crippen LogP contribution in [0.25, 0.3) is 0 Å². The molecule has 0 spiro atoms. The first kappa shape index (κ1) is 4.80. The van der Waals surface area contributed by atoms with Crippen molar-refractivity contribution in [2.24, 2.45) is 5.92 Å². The van der Waals surface area contributed by atoms with E-state index in [-0.39, 0.29) is 0 Å². The van der Waals surface area contributed by atoms with E-state index < -0.39 is 0 Å². The van der Waals surface area contributed by atoms with Crippen molar-refractivity contribution in [1.29, 1.82) is 0 Å². The van der Waals surface area contributed by atoms with E-state index in [1.807, 2.05) is 0 Å². The van der Waals surface area contributed by atoms with Crippen LogP contribution < -0.4 is 5.32 Å². The molecule has 2 fully saturated rings. The summed E-state index contributed by atoms with van der Waals surface area (Å²) in [6, 6.07) is 0.934. The molecule has 1 aliphatic heterocycles. The monoisotopic (exact) mass is 111 g/mol. The predicted molar refractivity (Wildman–Crippen MR) is 33.7 cm³/mol. The molecule has 2 aliphatic rings. The van der Waals surface area contributed by atoms with Gasteiger partial charge in [0.25, 0.3) is 0 Å². The van der Waals surface area contributed by atoms with Crippen LogP contribution in [0.4, 0.5) is 0 Å². The number of rotatable bonds is 0. The van der Waals surface area contributed by atoms with E-state index in [1.165, 1.54) is 32.2 Å². The van der Waals surface area contributed by atoms with Crippen molar-refractivity contribution in [3.8, 4) is 0 Å². The van der Waals surface area contributed by atoms with Gasteiger partial charge in [-0.2, -0.15) is 0 Å². The van der Waals surface area contributed by atoms with Crippen LogP contribution >= 0.6 is 0 Å². The van der Waals surface area contributed by atoms with Crippen LogP contribution in [-0.4, -0.2) is 12.6 Å². The number of hydrogen-bond acceptors (Lipinski definition) is 1. The van der Waals surface area contributed by atoms with Gasteiger partial charge in [-0.25, -0.2) is 0 Å². The zero-order valence-electron chi connectivity index (χ0n) is 5.19. The second-order valence-electron chi connectivity index (χ2n) is 3.04. The topological polar surface area (TPSA) is 12.0 Å². The Balaban J connectivity index is 1.92. The molecule has 1 saturated carbocycles. The van der Waals surface area contributed by atoms with Gasteiger partial charge in [-0.15, -0.1) is 0 Å². The average molecular weight is 111 g/mol. The molecule has 0 bridgehead atoms. The van der Waals surface area contributed by atoms with Gasteiger partial charge < -0.3 is 5.32 Å². The highest BCUT2D eigenvalue weighted by Gasteiger charge is 2.31. The summed E-state index contributed by atoms with van der Waals surface area (Å²) >= 11 is 0. The predicted octanol–water partition coefficient (Wildman–Crippen LogP) is 1.15. The number of nitrogens with one attached hydrogen (secondary N) is 1. The molecule has 2 atom stereocenters. The Bertz CT molecular complexity index is 78.4. The maximum atomic E-state index is 3.52. The first-order valence-corrected chi connectivity index (χ1v) is 3.70. The Morgan fingerprint density at radius 1 is 1.12 bits per heavy atom. The van der Waals surface area contributed by atoms with Gasteiger partial charge in [0.05, 0.1) is 0 Å². The molecule has 1 heterocycles. The molecular weight excluding hydrogens is 98.1 g/mol. The molecule has 0 aromatic rings. The van der Waals surface area contributed by atoms with Gasteiger partial charge in [0.1, 0.15) is 0 Å². The molecule has 2 rings (SSSR count). The van der Waals surface area contributed by atoms with Crippen molar-refractivity contribution in [3.05, 3.63) is 0 Å². The number of fused-ring (bicyclic) bond motifs is 1. The summed E-state index contributed by atoms with van der Waals surface area (Å²) in [5.74, 6) is 1.07. The molecule has 1 N–H and O–H groups in total. The Kier molecular flexibility index (Phi) is 1.04. The van der Waals surface area contributed by atoms with Gasteiger partial charge in [0, 0.05) is 6.04 Å². The normalized spacial score (nSPS) is 45.0. The van der Waals surface area contributed by atoms with Crippen molar-refractivity contribution >= 4 is 0 Å². The molecule has 0 amide bonds. The van der Waals surface area contributed by atoms with Gasteiger partial charge in [0.15, 0.2) is 0 Å². The minimum atomic E-state index is 0.934. The summed E-state index contributed by atoms with van der Waals surface area (Å²) in [7, 11) is 0. The van der Waals surface area contributed by atoms with E-state index in [0.717, 1.165) is 12.0 Å². The maximum absolute atomic E-state index is 3.52. The molecule has 0 aromatic heterocycles. The fourth-order valence-corrected chi connectivity index (χ4v) is 1.83. The molecule has 46 valence electrons. The molecular formula is C7H13N. The summed E-state index contributed by atoms with van der Waals surface area (Å²) in [4.78, 5) is 0. The third-order valence-electron chi connectivity index (χ3n) is 2.58. The van der Waals surface area contributed by atoms with Gasteiger partial charge in [-0.3, -0.25) is 0 Å². The SMILES string of the molecule is C1CN[C@H]2CC[C@H]2C1. The molecule has 1 nitrogen and oxygen atoms in total. The van der Waals surface area contributed by atoms with Gasteiger partial charge in [-0.05, 0) is 38.1 Å². The Morgan fingerprint density at radius 2 is 2.12 bits per heavy atom. The molecule has 1 saturated heterocycles. The highest BCUT2D eigenvalue weighted by atomic mass is 14.9. The van der Waals surface area contributed by atoms with Crippen LogP contribution in [0, 0.1) is 5.92 Å². The molecule has 0 radical (unpaired) electrons. The fraction of sp³-hybridized carbons (Fsp3) is 1.00. The fourth-order valence-electron chi connectivity index (χ4n) is 1.83. The van der Waals surface area contributed by atoms with Crippen LogP contribution in [0.15, 0.2) is 0 Å². The lowest BCUT2D eigenvalue weighted by molar-refractivity contribution is 0.161. The summed E-state index contributed by atoms with van der Waals surface area (Å²) in [5.41, 5.74) is 0. The van der Waals surface area contributed by atoms with E-state index in [0.29, 0.717) is 0 Å². The summed E-state index contributed by atoms with van der Waals surface area (Å²) in [6.07, 6.45) is 5.86. The van der Waals surface area contributed by atoms with E-state index in [9.17, 15) is 0 Å². The molecule has 0 unspecified atom stereocenters. The molecule has 8 heavy (non-hydrogen) atoms. The molecule has 1 aliphatic carbocycles. The molecule has 0 aromatic carbocycles. The first-order valence-electron chi connectivity index (χ1n) is 3.70. The van der Waals surface area contributed by atoms with Crippen molar-refractivity contribution < 1.29 is 0 Å². The third kappa shape index (κ3) is 0.576.